The molecule has 0 saturated carbocycles. The van der Waals surface area contributed by atoms with E-state index in [1.807, 2.05) is 23.0 Å². The summed E-state index contributed by atoms with van der Waals surface area (Å²) in [4.78, 5) is 0. The predicted octanol–water partition coefficient (Wildman–Crippen LogP) is -0.0746. The summed E-state index contributed by atoms with van der Waals surface area (Å²) in [7, 11) is 0. The first-order chi connectivity index (χ1) is 12.2. The largest absolute Gasteiger partial charge is 4.00 e. The molecule has 140 valence electrons. The summed E-state index contributed by atoms with van der Waals surface area (Å²) in [5.74, 6) is 0. The molecule has 1 aromatic heterocycles. The van der Waals surface area contributed by atoms with Crippen LogP contribution in [0.4, 0.5) is 0 Å². The molecular formula is C23H20Cl2HfN2. The molecule has 5 aromatic rings. The zero-order chi connectivity index (χ0) is 17.2. The van der Waals surface area contributed by atoms with E-state index in [0.29, 0.717) is 0 Å². The third kappa shape index (κ3) is 5.02. The van der Waals surface area contributed by atoms with Gasteiger partial charge in [-0.2, -0.15) is 22.3 Å². The topological polar surface area (TPSA) is 17.8 Å². The number of hydrogen-bond donors (Lipinski definition) is 0. The van der Waals surface area contributed by atoms with Crippen LogP contribution < -0.4 is 24.8 Å². The maximum Gasteiger partial charge on any atom is 4.00 e. The molecule has 0 saturated heterocycles. The number of halogens is 2. The summed E-state index contributed by atoms with van der Waals surface area (Å²) in [5.41, 5.74) is 5.05. The molecule has 0 aliphatic carbocycles. The average Bonchev–Trinajstić information content (AvgIpc) is 3.34. The van der Waals surface area contributed by atoms with Crippen LogP contribution in [0.25, 0.3) is 27.4 Å². The first kappa shape index (κ1) is 24.4. The van der Waals surface area contributed by atoms with Crippen LogP contribution in [-0.2, 0) is 25.8 Å². The number of hydrogen-bond acceptors (Lipinski definition) is 1. The molecule has 0 N–H and O–H groups in total. The number of benzene rings is 2. The second-order valence-electron chi connectivity index (χ2n) is 6.35. The first-order valence-corrected chi connectivity index (χ1v) is 8.50. The minimum absolute atomic E-state index is 0. The molecule has 4 aromatic carbocycles. The predicted molar refractivity (Wildman–Crippen MR) is 106 cm³/mol. The van der Waals surface area contributed by atoms with Crippen molar-refractivity contribution in [1.82, 2.24) is 9.78 Å². The van der Waals surface area contributed by atoms with Gasteiger partial charge in [0.15, 0.2) is 0 Å². The zero-order valence-electron chi connectivity index (χ0n) is 15.7. The van der Waals surface area contributed by atoms with Crippen LogP contribution in [0, 0.1) is 13.8 Å². The normalized spacial score (nSPS) is 9.64. The summed E-state index contributed by atoms with van der Waals surface area (Å²) in [6.45, 7) is 4.24. The molecule has 0 bridgehead atoms. The Morgan fingerprint density at radius 2 is 1.57 bits per heavy atom. The van der Waals surface area contributed by atoms with Crippen LogP contribution in [-0.4, -0.2) is 9.78 Å². The Morgan fingerprint density at radius 1 is 0.893 bits per heavy atom. The molecule has 0 fully saturated rings. The Labute approximate surface area is 196 Å². The Hall–Kier alpha value is -1.68. The maximum absolute atomic E-state index is 4.48. The van der Waals surface area contributed by atoms with Crippen molar-refractivity contribution in [2.75, 3.05) is 0 Å². The summed E-state index contributed by atoms with van der Waals surface area (Å²) >= 11 is 0. The van der Waals surface area contributed by atoms with Crippen LogP contribution in [0.5, 0.6) is 0 Å². The van der Waals surface area contributed by atoms with Crippen molar-refractivity contribution in [2.24, 2.45) is 0 Å². The van der Waals surface area contributed by atoms with Crippen LogP contribution in [0.15, 0.2) is 85.1 Å². The number of rotatable bonds is 1. The van der Waals surface area contributed by atoms with Crippen molar-refractivity contribution in [3.8, 4) is 5.69 Å². The van der Waals surface area contributed by atoms with Crippen LogP contribution >= 0.6 is 0 Å². The second-order valence-corrected chi connectivity index (χ2v) is 6.35. The fourth-order valence-corrected chi connectivity index (χ4v) is 3.03. The third-order valence-electron chi connectivity index (χ3n) is 4.64. The monoisotopic (exact) mass is 574 g/mol. The number of aromatic nitrogens is 2. The van der Waals surface area contributed by atoms with Crippen molar-refractivity contribution in [3.63, 3.8) is 0 Å². The van der Waals surface area contributed by atoms with Gasteiger partial charge in [0, 0.05) is 5.39 Å². The van der Waals surface area contributed by atoms with E-state index < -0.39 is 0 Å². The van der Waals surface area contributed by atoms with Gasteiger partial charge in [-0.1, -0.05) is 38.1 Å². The van der Waals surface area contributed by atoms with Crippen LogP contribution in [0.2, 0.25) is 0 Å². The quantitative estimate of drug-likeness (QED) is 0.203. The van der Waals surface area contributed by atoms with Gasteiger partial charge in [0.05, 0.1) is 11.7 Å². The maximum atomic E-state index is 4.48. The van der Waals surface area contributed by atoms with Gasteiger partial charge in [0.2, 0.25) is 0 Å². The minimum Gasteiger partial charge on any atom is -1.00 e. The molecule has 0 aliphatic heterocycles. The van der Waals surface area contributed by atoms with Crippen molar-refractivity contribution < 1.29 is 50.7 Å². The molecule has 0 atom stereocenters. The van der Waals surface area contributed by atoms with E-state index in [1.54, 1.807) is 0 Å². The number of para-hydroxylation sites is 1. The molecule has 0 unspecified atom stereocenters. The van der Waals surface area contributed by atoms with Crippen molar-refractivity contribution >= 4 is 21.7 Å². The molecule has 1 heterocycles. The van der Waals surface area contributed by atoms with Gasteiger partial charge in [0.1, 0.15) is 0 Å². The van der Waals surface area contributed by atoms with Crippen LogP contribution in [0.3, 0.4) is 0 Å². The fraction of sp³-hybridized carbons (Fsp3) is 0.0870. The van der Waals surface area contributed by atoms with Crippen LogP contribution in [0.1, 0.15) is 11.1 Å². The first-order valence-electron chi connectivity index (χ1n) is 8.50. The summed E-state index contributed by atoms with van der Waals surface area (Å²) in [6, 6.07) is 27.3. The van der Waals surface area contributed by atoms with Crippen molar-refractivity contribution in [3.05, 3.63) is 96.2 Å². The molecule has 28 heavy (non-hydrogen) atoms. The Balaban J connectivity index is 0.000000341. The Bertz CT molecular complexity index is 1090. The van der Waals surface area contributed by atoms with Gasteiger partial charge in [-0.15, -0.1) is 41.1 Å². The number of fused-ring (bicyclic) bond motifs is 2. The molecular weight excluding hydrogens is 554 g/mol. The van der Waals surface area contributed by atoms with E-state index >= 15 is 0 Å². The Morgan fingerprint density at radius 3 is 2.18 bits per heavy atom. The molecule has 0 radical (unpaired) electrons. The van der Waals surface area contributed by atoms with Crippen molar-refractivity contribution in [2.45, 2.75) is 13.8 Å². The third-order valence-corrected chi connectivity index (χ3v) is 4.64. The van der Waals surface area contributed by atoms with Gasteiger partial charge < -0.3 is 24.8 Å². The van der Waals surface area contributed by atoms with Gasteiger partial charge in [-0.3, -0.25) is 4.68 Å². The molecule has 5 rings (SSSR count). The SMILES string of the molecule is Cc1ccc[c-]1C.[Cl-].[Cl-].[Hf+4].c1ccc2[cH-]c(-n3ncc4ccccc43)cc2c1. The molecule has 0 amide bonds. The molecule has 0 aliphatic rings. The minimum atomic E-state index is 0. The van der Waals surface area contributed by atoms with E-state index in [1.165, 1.54) is 27.3 Å². The molecule has 5 heteroatoms. The van der Waals surface area contributed by atoms with E-state index in [2.05, 4.69) is 85.7 Å². The van der Waals surface area contributed by atoms with E-state index in [0.717, 1.165) is 11.2 Å². The van der Waals surface area contributed by atoms with E-state index in [4.69, 9.17) is 0 Å². The smallest absolute Gasteiger partial charge is 1.00 e. The Kier molecular flexibility index (Phi) is 9.35. The standard InChI is InChI=1S/C16H11N2.C7H9.2ClH.Hf/c1-2-6-13-10-15(9-12(13)5-1)18-16-8-4-3-7-14(16)11-17-18;1-6-4-3-5-7(6)2;;;/h1-11H;3-5H,1-2H3;2*1H;/q2*-1;;;+4/p-2. The summed E-state index contributed by atoms with van der Waals surface area (Å²) in [5, 5.41) is 8.16. The van der Waals surface area contributed by atoms with E-state index in [9.17, 15) is 0 Å². The van der Waals surface area contributed by atoms with Gasteiger partial charge in [-0.05, 0) is 11.8 Å². The fourth-order valence-electron chi connectivity index (χ4n) is 3.03. The van der Waals surface area contributed by atoms with Gasteiger partial charge in [-0.25, -0.2) is 12.1 Å². The second kappa shape index (κ2) is 10.8. The summed E-state index contributed by atoms with van der Waals surface area (Å²) < 4.78 is 2.00. The van der Waals surface area contributed by atoms with Gasteiger partial charge in [0.25, 0.3) is 0 Å². The number of nitrogens with zero attached hydrogens (tertiary/aromatic N) is 2. The van der Waals surface area contributed by atoms with Crippen molar-refractivity contribution in [1.29, 1.82) is 0 Å². The van der Waals surface area contributed by atoms with Gasteiger partial charge >= 0.3 is 25.8 Å². The average molecular weight is 574 g/mol. The molecule has 2 nitrogen and oxygen atoms in total. The zero-order valence-corrected chi connectivity index (χ0v) is 20.8. The van der Waals surface area contributed by atoms with E-state index in [-0.39, 0.29) is 50.7 Å². The number of aryl methyl sites for hydroxylation is 2. The summed E-state index contributed by atoms with van der Waals surface area (Å²) in [6.07, 6.45) is 1.91. The molecule has 0 spiro atoms.